The number of fused-ring (bicyclic) bond motifs is 2. The van der Waals surface area contributed by atoms with Crippen molar-refractivity contribution in [2.24, 2.45) is 5.92 Å². The number of carbonyl (C=O) groups is 3. The minimum absolute atomic E-state index is 0.157. The predicted octanol–water partition coefficient (Wildman–Crippen LogP) is 4.02. The number of carbonyl (C=O) groups excluding carboxylic acids is 3. The molecule has 3 unspecified atom stereocenters. The van der Waals surface area contributed by atoms with Gasteiger partial charge in [0.05, 0.1) is 28.2 Å². The summed E-state index contributed by atoms with van der Waals surface area (Å²) in [7, 11) is 0. The molecule has 0 radical (unpaired) electrons. The summed E-state index contributed by atoms with van der Waals surface area (Å²) in [6.45, 7) is 7.30. The van der Waals surface area contributed by atoms with Crippen LogP contribution in [0.2, 0.25) is 0 Å². The van der Waals surface area contributed by atoms with Gasteiger partial charge in [-0.2, -0.15) is 0 Å². The molecule has 0 N–H and O–H groups in total. The van der Waals surface area contributed by atoms with Crippen molar-refractivity contribution in [3.05, 3.63) is 78.8 Å². The van der Waals surface area contributed by atoms with Crippen molar-refractivity contribution in [1.29, 1.82) is 0 Å². The highest BCUT2D eigenvalue weighted by Gasteiger charge is 2.56. The third-order valence-electron chi connectivity index (χ3n) is 7.34. The Labute approximate surface area is 243 Å². The molecule has 2 aliphatic heterocycles. The van der Waals surface area contributed by atoms with E-state index in [9.17, 15) is 29.3 Å². The Balaban J connectivity index is 1.61. The second kappa shape index (κ2) is 11.5. The Morgan fingerprint density at radius 3 is 2.24 bits per heavy atom. The number of aromatic nitrogens is 1. The number of benzene rings is 2. The molecule has 2 aliphatic rings. The van der Waals surface area contributed by atoms with Gasteiger partial charge in [0.25, 0.3) is 5.69 Å². The molecule has 11 nitrogen and oxygen atoms in total. The van der Waals surface area contributed by atoms with Crippen molar-refractivity contribution < 1.29 is 24.0 Å². The zero-order valence-corrected chi connectivity index (χ0v) is 24.3. The number of non-ortho nitro benzene ring substituents is 1. The number of rotatable bonds is 9. The van der Waals surface area contributed by atoms with Gasteiger partial charge in [0.2, 0.25) is 11.8 Å². The lowest BCUT2D eigenvalue weighted by Gasteiger charge is -2.31. The second-order valence-corrected chi connectivity index (χ2v) is 11.6. The monoisotopic (exact) mass is 596 g/mol. The quantitative estimate of drug-likeness (QED) is 0.155. The van der Waals surface area contributed by atoms with E-state index < -0.39 is 39.8 Å². The maximum absolute atomic E-state index is 14.0. The molecule has 1 saturated heterocycles. The molecule has 0 bridgehead atoms. The number of ether oxygens (including phenoxy) is 1. The van der Waals surface area contributed by atoms with E-state index >= 15 is 0 Å². The number of imide groups is 1. The fourth-order valence-electron chi connectivity index (χ4n) is 5.41. The Bertz CT molecular complexity index is 1560. The smallest absolute Gasteiger partial charge is 0.326 e. The lowest BCUT2D eigenvalue weighted by Crippen LogP contribution is -2.32. The summed E-state index contributed by atoms with van der Waals surface area (Å²) in [6, 6.07) is 13.0. The number of nitro benzene ring substituents is 1. The molecule has 3 heterocycles. The van der Waals surface area contributed by atoms with Crippen LogP contribution in [0, 0.1) is 16.0 Å². The number of thiazole rings is 1. The molecule has 41 heavy (non-hydrogen) atoms. The summed E-state index contributed by atoms with van der Waals surface area (Å²) in [5.41, 5.74) is 1.86. The number of anilines is 2. The molecule has 5 rings (SSSR count). The Hall–Kier alpha value is -3.97. The number of nitro groups is 1. The second-order valence-electron chi connectivity index (χ2n) is 9.52. The molecule has 1 aromatic heterocycles. The van der Waals surface area contributed by atoms with Gasteiger partial charge in [0.15, 0.2) is 0 Å². The van der Waals surface area contributed by atoms with Crippen LogP contribution in [0.4, 0.5) is 17.1 Å². The van der Waals surface area contributed by atoms with Gasteiger partial charge in [-0.25, -0.2) is 4.90 Å². The maximum atomic E-state index is 14.0. The highest BCUT2D eigenvalue weighted by Crippen LogP contribution is 2.54. The minimum Gasteiger partial charge on any atom is -0.465 e. The third kappa shape index (κ3) is 5.04. The van der Waals surface area contributed by atoms with E-state index in [0.29, 0.717) is 9.90 Å². The topological polar surface area (TPSA) is 132 Å². The predicted molar refractivity (Wildman–Crippen MR) is 156 cm³/mol. The number of nitrogens with zero attached hydrogens (tertiary/aromatic N) is 4. The SMILES string of the molecule is CCOC(=O)Cn1c2c(sc1=O)C(c1ccc(N(CC)CC)cc1)C1C(=O)N(c3ccc([N+](=O)[O-])cc3)C(=O)C1S2. The number of hydrogen-bond donors (Lipinski definition) is 0. The Kier molecular flexibility index (Phi) is 8.00. The number of hydrogen-bond acceptors (Lipinski definition) is 10. The van der Waals surface area contributed by atoms with E-state index in [1.54, 1.807) is 6.92 Å². The van der Waals surface area contributed by atoms with Gasteiger partial charge in [0, 0.05) is 41.7 Å². The maximum Gasteiger partial charge on any atom is 0.326 e. The van der Waals surface area contributed by atoms with Crippen LogP contribution in [-0.2, 0) is 25.7 Å². The first-order valence-electron chi connectivity index (χ1n) is 13.2. The molecule has 13 heteroatoms. The average molecular weight is 597 g/mol. The fourth-order valence-corrected chi connectivity index (χ4v) is 8.18. The number of esters is 1. The van der Waals surface area contributed by atoms with Crippen LogP contribution >= 0.6 is 23.1 Å². The van der Waals surface area contributed by atoms with Gasteiger partial charge in [-0.15, -0.1) is 0 Å². The van der Waals surface area contributed by atoms with E-state index in [1.165, 1.54) is 28.8 Å². The van der Waals surface area contributed by atoms with Gasteiger partial charge in [0.1, 0.15) is 11.8 Å². The lowest BCUT2D eigenvalue weighted by atomic mass is 9.83. The van der Waals surface area contributed by atoms with Gasteiger partial charge in [-0.3, -0.25) is 33.9 Å². The summed E-state index contributed by atoms with van der Waals surface area (Å²) in [6.07, 6.45) is 0. The summed E-state index contributed by atoms with van der Waals surface area (Å²) in [5, 5.41) is 10.7. The van der Waals surface area contributed by atoms with Crippen LogP contribution < -0.4 is 14.7 Å². The number of thioether (sulfide) groups is 1. The highest BCUT2D eigenvalue weighted by molar-refractivity contribution is 8.00. The van der Waals surface area contributed by atoms with Gasteiger partial charge < -0.3 is 9.64 Å². The molecule has 3 atom stereocenters. The molecule has 0 aliphatic carbocycles. The van der Waals surface area contributed by atoms with Crippen molar-refractivity contribution in [2.45, 2.75) is 43.5 Å². The molecule has 0 spiro atoms. The molecule has 1 fully saturated rings. The van der Waals surface area contributed by atoms with E-state index in [4.69, 9.17) is 4.74 Å². The summed E-state index contributed by atoms with van der Waals surface area (Å²) < 4.78 is 6.39. The molecule has 3 aromatic rings. The van der Waals surface area contributed by atoms with Crippen LogP contribution in [0.15, 0.2) is 58.4 Å². The van der Waals surface area contributed by atoms with Gasteiger partial charge >= 0.3 is 10.8 Å². The largest absolute Gasteiger partial charge is 0.465 e. The summed E-state index contributed by atoms with van der Waals surface area (Å²) in [5.74, 6) is -2.91. The van der Waals surface area contributed by atoms with Crippen LogP contribution in [0.3, 0.4) is 0 Å². The van der Waals surface area contributed by atoms with E-state index in [-0.39, 0.29) is 29.4 Å². The molecular weight excluding hydrogens is 568 g/mol. The first-order valence-corrected chi connectivity index (χ1v) is 14.9. The van der Waals surface area contributed by atoms with Gasteiger partial charge in [-0.05, 0) is 50.6 Å². The van der Waals surface area contributed by atoms with Crippen molar-refractivity contribution in [3.63, 3.8) is 0 Å². The fraction of sp³-hybridized carbons (Fsp3) is 0.357. The highest BCUT2D eigenvalue weighted by atomic mass is 32.2. The standard InChI is InChI=1S/C28H28N4O7S2/c1-4-29(5-2)17-9-7-16(8-10-17)21-22-23(40-27-24(21)41-28(36)30(27)15-20(33)39-6-3)26(35)31(25(22)34)18-11-13-19(14-12-18)32(37)38/h7-14,21-23H,4-6,15H2,1-3H3. The molecular formula is C28H28N4O7S2. The van der Waals surface area contributed by atoms with E-state index in [0.717, 1.165) is 52.3 Å². The van der Waals surface area contributed by atoms with Crippen molar-refractivity contribution >= 4 is 57.9 Å². The molecule has 2 amide bonds. The Morgan fingerprint density at radius 1 is 1.00 bits per heavy atom. The normalized spacial score (nSPS) is 19.6. The third-order valence-corrected chi connectivity index (χ3v) is 9.95. The van der Waals surface area contributed by atoms with Crippen molar-refractivity contribution in [3.8, 4) is 0 Å². The zero-order chi connectivity index (χ0) is 29.4. The van der Waals surface area contributed by atoms with Crippen LogP contribution in [0.1, 0.15) is 37.1 Å². The van der Waals surface area contributed by atoms with E-state index in [2.05, 4.69) is 18.7 Å². The van der Waals surface area contributed by atoms with Crippen LogP contribution in [0.5, 0.6) is 0 Å². The Morgan fingerprint density at radius 2 is 1.66 bits per heavy atom. The molecule has 214 valence electrons. The molecule has 0 saturated carbocycles. The molecule has 2 aromatic carbocycles. The summed E-state index contributed by atoms with van der Waals surface area (Å²) in [4.78, 5) is 67.3. The minimum atomic E-state index is -0.861. The van der Waals surface area contributed by atoms with Gasteiger partial charge in [-0.1, -0.05) is 35.2 Å². The van der Waals surface area contributed by atoms with Crippen LogP contribution in [0.25, 0.3) is 0 Å². The first-order chi connectivity index (χ1) is 19.7. The van der Waals surface area contributed by atoms with Crippen molar-refractivity contribution in [1.82, 2.24) is 4.57 Å². The van der Waals surface area contributed by atoms with Crippen molar-refractivity contribution in [2.75, 3.05) is 29.5 Å². The number of amides is 2. The lowest BCUT2D eigenvalue weighted by molar-refractivity contribution is -0.384. The summed E-state index contributed by atoms with van der Waals surface area (Å²) >= 11 is 2.07. The zero-order valence-electron chi connectivity index (χ0n) is 22.6. The van der Waals surface area contributed by atoms with Crippen LogP contribution in [-0.4, -0.2) is 52.2 Å². The van der Waals surface area contributed by atoms with E-state index in [1.807, 2.05) is 24.3 Å². The first kappa shape index (κ1) is 28.6. The average Bonchev–Trinajstić information content (AvgIpc) is 3.40.